The van der Waals surface area contributed by atoms with E-state index >= 15 is 0 Å². The quantitative estimate of drug-likeness (QED) is 0.482. The highest BCUT2D eigenvalue weighted by molar-refractivity contribution is 5.54. The van der Waals surface area contributed by atoms with E-state index in [9.17, 15) is 0 Å². The van der Waals surface area contributed by atoms with Gasteiger partial charge in [-0.2, -0.15) is 0 Å². The van der Waals surface area contributed by atoms with Crippen LogP contribution in [-0.2, 0) is 17.6 Å². The first-order valence-electron chi connectivity index (χ1n) is 9.70. The predicted octanol–water partition coefficient (Wildman–Crippen LogP) is 4.59. The first kappa shape index (κ1) is 19.3. The third-order valence-corrected chi connectivity index (χ3v) is 4.56. The van der Waals surface area contributed by atoms with Gasteiger partial charge in [-0.15, -0.1) is 0 Å². The largest absolute Gasteiger partial charge is 0.494 e. The second kappa shape index (κ2) is 10.0. The number of rotatable bonds is 9. The molecule has 1 aliphatic carbocycles. The maximum absolute atomic E-state index is 5.85. The molecule has 0 N–H and O–H groups in total. The number of hydrogen-bond acceptors (Lipinski definition) is 3. The van der Waals surface area contributed by atoms with Crippen LogP contribution in [0.15, 0.2) is 36.4 Å². The number of benzene rings is 2. The molecule has 27 heavy (non-hydrogen) atoms. The van der Waals surface area contributed by atoms with E-state index < -0.39 is 0 Å². The van der Waals surface area contributed by atoms with Gasteiger partial charge in [0.05, 0.1) is 13.2 Å². The predicted molar refractivity (Wildman–Crippen MR) is 108 cm³/mol. The maximum atomic E-state index is 5.85. The molecule has 2 aromatic rings. The SMILES string of the molecule is [CH2]COCCOc1ccc2c(c1)CCc1cc(OCCCC)ccc1C#C2. The minimum Gasteiger partial charge on any atom is -0.494 e. The third kappa shape index (κ3) is 5.52. The number of aryl methyl sites for hydroxylation is 2. The highest BCUT2D eigenvalue weighted by Gasteiger charge is 2.10. The van der Waals surface area contributed by atoms with Crippen molar-refractivity contribution in [3.63, 3.8) is 0 Å². The molecule has 0 unspecified atom stereocenters. The van der Waals surface area contributed by atoms with Crippen LogP contribution in [0.2, 0.25) is 0 Å². The minimum absolute atomic E-state index is 0.465. The van der Waals surface area contributed by atoms with Crippen LogP contribution in [0.25, 0.3) is 0 Å². The number of hydrogen-bond donors (Lipinski definition) is 0. The van der Waals surface area contributed by atoms with Crippen molar-refractivity contribution in [2.45, 2.75) is 32.6 Å². The van der Waals surface area contributed by atoms with Gasteiger partial charge in [0.25, 0.3) is 0 Å². The molecule has 0 saturated carbocycles. The highest BCUT2D eigenvalue weighted by atomic mass is 16.5. The van der Waals surface area contributed by atoms with Crippen molar-refractivity contribution in [2.75, 3.05) is 26.4 Å². The Bertz CT molecular complexity index is 814. The van der Waals surface area contributed by atoms with Crippen molar-refractivity contribution in [3.05, 3.63) is 65.6 Å². The number of fused-ring (bicyclic) bond motifs is 2. The molecule has 3 rings (SSSR count). The van der Waals surface area contributed by atoms with Crippen LogP contribution in [0.3, 0.4) is 0 Å². The van der Waals surface area contributed by atoms with E-state index in [0.29, 0.717) is 19.8 Å². The van der Waals surface area contributed by atoms with E-state index in [-0.39, 0.29) is 0 Å². The van der Waals surface area contributed by atoms with Crippen LogP contribution < -0.4 is 9.47 Å². The molecule has 0 aliphatic heterocycles. The van der Waals surface area contributed by atoms with Crippen LogP contribution in [0.4, 0.5) is 0 Å². The summed E-state index contributed by atoms with van der Waals surface area (Å²) in [4.78, 5) is 0. The second-order valence-corrected chi connectivity index (χ2v) is 6.55. The summed E-state index contributed by atoms with van der Waals surface area (Å²) in [6.07, 6.45) is 4.09. The highest BCUT2D eigenvalue weighted by Crippen LogP contribution is 2.25. The summed E-state index contributed by atoms with van der Waals surface area (Å²) >= 11 is 0. The molecule has 0 atom stereocenters. The lowest BCUT2D eigenvalue weighted by molar-refractivity contribution is 0.120. The molecular formula is C24H27O3. The van der Waals surface area contributed by atoms with E-state index in [1.165, 1.54) is 11.1 Å². The van der Waals surface area contributed by atoms with Gasteiger partial charge in [-0.1, -0.05) is 25.2 Å². The third-order valence-electron chi connectivity index (χ3n) is 4.56. The van der Waals surface area contributed by atoms with Gasteiger partial charge in [0.1, 0.15) is 18.1 Å². The zero-order valence-corrected chi connectivity index (χ0v) is 16.1. The Morgan fingerprint density at radius 1 is 0.852 bits per heavy atom. The molecule has 0 heterocycles. The summed E-state index contributed by atoms with van der Waals surface area (Å²) < 4.78 is 16.8. The van der Waals surface area contributed by atoms with Crippen molar-refractivity contribution in [2.24, 2.45) is 0 Å². The number of ether oxygens (including phenoxy) is 3. The Morgan fingerprint density at radius 2 is 1.44 bits per heavy atom. The van der Waals surface area contributed by atoms with Gasteiger partial charge >= 0.3 is 0 Å². The topological polar surface area (TPSA) is 27.7 Å². The van der Waals surface area contributed by atoms with Crippen LogP contribution in [0.1, 0.15) is 42.0 Å². The average molecular weight is 363 g/mol. The Labute approximate surface area is 162 Å². The van der Waals surface area contributed by atoms with Gasteiger partial charge in [0.2, 0.25) is 0 Å². The van der Waals surface area contributed by atoms with E-state index in [2.05, 4.69) is 43.9 Å². The fourth-order valence-electron chi connectivity index (χ4n) is 3.04. The summed E-state index contributed by atoms with van der Waals surface area (Å²) in [5, 5.41) is 0. The summed E-state index contributed by atoms with van der Waals surface area (Å²) in [5.74, 6) is 8.44. The Hall–Kier alpha value is -2.44. The molecule has 0 saturated heterocycles. The van der Waals surface area contributed by atoms with Crippen molar-refractivity contribution in [1.82, 2.24) is 0 Å². The fourth-order valence-corrected chi connectivity index (χ4v) is 3.04. The minimum atomic E-state index is 0.465. The first-order chi connectivity index (χ1) is 13.3. The van der Waals surface area contributed by atoms with Crippen LogP contribution >= 0.6 is 0 Å². The van der Waals surface area contributed by atoms with E-state index in [0.717, 1.165) is 54.9 Å². The zero-order chi connectivity index (χ0) is 18.9. The Morgan fingerprint density at radius 3 is 2.00 bits per heavy atom. The monoisotopic (exact) mass is 363 g/mol. The average Bonchev–Trinajstić information content (AvgIpc) is 2.68. The van der Waals surface area contributed by atoms with Crippen LogP contribution in [0.5, 0.6) is 11.5 Å². The van der Waals surface area contributed by atoms with Crippen molar-refractivity contribution >= 4 is 0 Å². The first-order valence-corrected chi connectivity index (χ1v) is 9.70. The maximum Gasteiger partial charge on any atom is 0.119 e. The van der Waals surface area contributed by atoms with Gasteiger partial charge in [-0.25, -0.2) is 0 Å². The van der Waals surface area contributed by atoms with Crippen molar-refractivity contribution in [1.29, 1.82) is 0 Å². The fraction of sp³-hybridized carbons (Fsp3) is 0.375. The summed E-state index contributed by atoms with van der Waals surface area (Å²) in [6.45, 7) is 8.13. The van der Waals surface area contributed by atoms with Gasteiger partial charge in [-0.3, -0.25) is 0 Å². The summed E-state index contributed by atoms with van der Waals surface area (Å²) in [5.41, 5.74) is 4.64. The molecule has 3 nitrogen and oxygen atoms in total. The molecule has 0 spiro atoms. The van der Waals surface area contributed by atoms with Crippen LogP contribution in [0, 0.1) is 18.8 Å². The van der Waals surface area contributed by atoms with E-state index in [1.807, 2.05) is 18.2 Å². The summed E-state index contributed by atoms with van der Waals surface area (Å²) in [6, 6.07) is 12.4. The molecule has 0 aromatic heterocycles. The number of unbranched alkanes of at least 4 members (excludes halogenated alkanes) is 1. The van der Waals surface area contributed by atoms with Gasteiger partial charge in [-0.05, 0) is 73.7 Å². The molecule has 0 bridgehead atoms. The van der Waals surface area contributed by atoms with Gasteiger partial charge in [0.15, 0.2) is 0 Å². The van der Waals surface area contributed by atoms with Gasteiger partial charge in [0, 0.05) is 17.7 Å². The van der Waals surface area contributed by atoms with E-state index in [1.54, 1.807) is 0 Å². The Kier molecular flexibility index (Phi) is 7.19. The molecule has 141 valence electrons. The van der Waals surface area contributed by atoms with Gasteiger partial charge < -0.3 is 14.2 Å². The zero-order valence-electron chi connectivity index (χ0n) is 16.1. The summed E-state index contributed by atoms with van der Waals surface area (Å²) in [7, 11) is 0. The van der Waals surface area contributed by atoms with Crippen LogP contribution in [-0.4, -0.2) is 26.4 Å². The molecule has 1 aliphatic rings. The molecule has 3 heteroatoms. The molecule has 1 radical (unpaired) electrons. The lowest BCUT2D eigenvalue weighted by Gasteiger charge is -2.14. The molecular weight excluding hydrogens is 336 g/mol. The normalized spacial score (nSPS) is 12.1. The lowest BCUT2D eigenvalue weighted by Crippen LogP contribution is -2.07. The molecule has 0 fully saturated rings. The van der Waals surface area contributed by atoms with Crippen molar-refractivity contribution in [3.8, 4) is 23.3 Å². The smallest absolute Gasteiger partial charge is 0.119 e. The standard InChI is InChI=1S/C24H27O3/c1-3-5-14-26-23-12-10-19-6-7-20-11-13-24(27-16-15-25-4-2)18-22(20)9-8-21(19)17-23/h10-13,17-18H,2-5,8-9,14-16H2,1H3. The second-order valence-electron chi connectivity index (χ2n) is 6.55. The lowest BCUT2D eigenvalue weighted by atomic mass is 9.94. The molecule has 0 amide bonds. The Balaban J connectivity index is 1.72. The van der Waals surface area contributed by atoms with E-state index in [4.69, 9.17) is 14.2 Å². The van der Waals surface area contributed by atoms with Crippen molar-refractivity contribution < 1.29 is 14.2 Å². The molecule has 2 aromatic carbocycles.